The van der Waals surface area contributed by atoms with Crippen molar-refractivity contribution < 1.29 is 13.2 Å². The monoisotopic (exact) mass is 427 g/mol. The van der Waals surface area contributed by atoms with E-state index in [-0.39, 0.29) is 21.7 Å². The first-order valence-corrected chi connectivity index (χ1v) is 10.4. The Balaban J connectivity index is 2.35. The van der Waals surface area contributed by atoms with E-state index in [1.807, 2.05) is 13.0 Å². The summed E-state index contributed by atoms with van der Waals surface area (Å²) in [4.78, 5) is 14.7. The first-order chi connectivity index (χ1) is 13.7. The summed E-state index contributed by atoms with van der Waals surface area (Å²) in [6.45, 7) is 1.85. The van der Waals surface area contributed by atoms with Gasteiger partial charge < -0.3 is 4.90 Å². The van der Waals surface area contributed by atoms with Crippen LogP contribution < -0.4 is 0 Å². The highest BCUT2D eigenvalue weighted by atomic mass is 35.5. The van der Waals surface area contributed by atoms with Crippen molar-refractivity contribution in [3.8, 4) is 6.07 Å². The van der Waals surface area contributed by atoms with Crippen molar-refractivity contribution in [1.82, 2.24) is 8.87 Å². The summed E-state index contributed by atoms with van der Waals surface area (Å²) in [6, 6.07) is 14.4. The van der Waals surface area contributed by atoms with E-state index in [9.17, 15) is 18.5 Å². The molecule has 0 amide bonds. The molecule has 0 bridgehead atoms. The molecule has 2 aromatic carbocycles. The number of fused-ring (bicyclic) bond motifs is 1. The Hall–Kier alpha value is -3.08. The van der Waals surface area contributed by atoms with Crippen LogP contribution in [0.4, 0.5) is 0 Å². The molecule has 1 aromatic heterocycles. The third-order valence-electron chi connectivity index (χ3n) is 4.29. The van der Waals surface area contributed by atoms with Crippen molar-refractivity contribution >= 4 is 38.3 Å². The van der Waals surface area contributed by atoms with E-state index in [2.05, 4.69) is 0 Å². The molecule has 8 heteroatoms. The van der Waals surface area contributed by atoms with Gasteiger partial charge in [-0.3, -0.25) is 4.79 Å². The van der Waals surface area contributed by atoms with Gasteiger partial charge in [0.25, 0.3) is 10.0 Å². The average Bonchev–Trinajstić information content (AvgIpc) is 3.07. The van der Waals surface area contributed by atoms with Gasteiger partial charge in [0.05, 0.1) is 10.4 Å². The summed E-state index contributed by atoms with van der Waals surface area (Å²) in [5, 5.41) is 10.1. The van der Waals surface area contributed by atoms with Gasteiger partial charge in [0.15, 0.2) is 0 Å². The Morgan fingerprint density at radius 3 is 2.41 bits per heavy atom. The number of nitrogens with zero attached hydrogens (tertiary/aromatic N) is 3. The summed E-state index contributed by atoms with van der Waals surface area (Å²) < 4.78 is 27.8. The molecule has 0 radical (unpaired) electrons. The van der Waals surface area contributed by atoms with E-state index in [1.165, 1.54) is 24.4 Å². The fourth-order valence-electron chi connectivity index (χ4n) is 2.94. The predicted molar refractivity (Wildman–Crippen MR) is 112 cm³/mol. The summed E-state index contributed by atoms with van der Waals surface area (Å²) in [5.41, 5.74) is 0.836. The maximum atomic E-state index is 13.4. The summed E-state index contributed by atoms with van der Waals surface area (Å²) >= 11 is 6.25. The van der Waals surface area contributed by atoms with Crippen LogP contribution in [0.1, 0.15) is 16.1 Å². The van der Waals surface area contributed by atoms with Crippen molar-refractivity contribution in [3.63, 3.8) is 0 Å². The van der Waals surface area contributed by atoms with Gasteiger partial charge in [0, 0.05) is 30.7 Å². The molecule has 3 aromatic rings. The van der Waals surface area contributed by atoms with Crippen molar-refractivity contribution in [3.05, 3.63) is 76.6 Å². The number of carbonyl (C=O) groups is 1. The largest absolute Gasteiger partial charge is 0.382 e. The fraction of sp³-hybridized carbons (Fsp3) is 0.143. The minimum absolute atomic E-state index is 0.0322. The standard InChI is InChI=1S/C21H18ClN3O3S/c1-14-7-9-16(10-8-14)29(27,28)25-19-6-4-5-18(22)17(19)11-20(25)21(26)15(12-23)13-24(2)3/h4-11,13H,1-3H3. The van der Waals surface area contributed by atoms with Gasteiger partial charge in [-0.05, 0) is 37.3 Å². The van der Waals surface area contributed by atoms with E-state index in [4.69, 9.17) is 11.6 Å². The lowest BCUT2D eigenvalue weighted by molar-refractivity contribution is 0.103. The highest BCUT2D eigenvalue weighted by Crippen LogP contribution is 2.31. The van der Waals surface area contributed by atoms with Crippen LogP contribution in [0.5, 0.6) is 0 Å². The number of nitriles is 1. The van der Waals surface area contributed by atoms with Crippen LogP contribution >= 0.6 is 11.6 Å². The zero-order valence-electron chi connectivity index (χ0n) is 16.0. The predicted octanol–water partition coefficient (Wildman–Crippen LogP) is 3.99. The van der Waals surface area contributed by atoms with Crippen molar-refractivity contribution in [1.29, 1.82) is 5.26 Å². The van der Waals surface area contributed by atoms with Crippen LogP contribution in [0.2, 0.25) is 5.02 Å². The van der Waals surface area contributed by atoms with Gasteiger partial charge in [-0.15, -0.1) is 0 Å². The number of hydrogen-bond acceptors (Lipinski definition) is 5. The second-order valence-corrected chi connectivity index (χ2v) is 8.93. The van der Waals surface area contributed by atoms with E-state index in [1.54, 1.807) is 49.3 Å². The third kappa shape index (κ3) is 3.77. The average molecular weight is 428 g/mol. The Bertz CT molecular complexity index is 1280. The summed E-state index contributed by atoms with van der Waals surface area (Å²) in [5.74, 6) is -0.704. The first-order valence-electron chi connectivity index (χ1n) is 8.62. The number of rotatable bonds is 5. The minimum Gasteiger partial charge on any atom is -0.382 e. The number of aryl methyl sites for hydroxylation is 1. The number of benzene rings is 2. The molecular weight excluding hydrogens is 410 g/mol. The van der Waals surface area contributed by atoms with Crippen LogP contribution in [0.3, 0.4) is 0 Å². The Morgan fingerprint density at radius 1 is 1.17 bits per heavy atom. The zero-order valence-corrected chi connectivity index (χ0v) is 17.6. The van der Waals surface area contributed by atoms with Crippen LogP contribution in [0, 0.1) is 18.3 Å². The molecule has 0 aliphatic heterocycles. The van der Waals surface area contributed by atoms with Crippen molar-refractivity contribution in [2.45, 2.75) is 11.8 Å². The maximum Gasteiger partial charge on any atom is 0.268 e. The Labute approximate surface area is 174 Å². The smallest absolute Gasteiger partial charge is 0.268 e. The second-order valence-electron chi connectivity index (χ2n) is 6.73. The molecule has 1 heterocycles. The highest BCUT2D eigenvalue weighted by molar-refractivity contribution is 7.90. The Morgan fingerprint density at radius 2 is 1.83 bits per heavy atom. The second kappa shape index (κ2) is 7.74. The lowest BCUT2D eigenvalue weighted by Gasteiger charge is -2.12. The normalized spacial score (nSPS) is 12.0. The molecule has 0 fully saturated rings. The van der Waals surface area contributed by atoms with E-state index < -0.39 is 15.8 Å². The molecule has 0 unspecified atom stereocenters. The molecule has 0 N–H and O–H groups in total. The molecule has 148 valence electrons. The molecule has 29 heavy (non-hydrogen) atoms. The number of halogens is 1. The van der Waals surface area contributed by atoms with Gasteiger partial charge in [0.1, 0.15) is 17.3 Å². The van der Waals surface area contributed by atoms with E-state index in [0.717, 1.165) is 9.54 Å². The third-order valence-corrected chi connectivity index (χ3v) is 6.36. The molecule has 0 saturated carbocycles. The van der Waals surface area contributed by atoms with Gasteiger partial charge >= 0.3 is 0 Å². The number of allylic oxidation sites excluding steroid dienone is 1. The molecule has 0 saturated heterocycles. The number of carbonyl (C=O) groups excluding carboxylic acids is 1. The van der Waals surface area contributed by atoms with Crippen LogP contribution in [0.15, 0.2) is 65.2 Å². The molecule has 0 spiro atoms. The summed E-state index contributed by atoms with van der Waals surface area (Å²) in [7, 11) is -0.781. The van der Waals surface area contributed by atoms with Crippen molar-refractivity contribution in [2.24, 2.45) is 0 Å². The number of aromatic nitrogens is 1. The van der Waals surface area contributed by atoms with E-state index >= 15 is 0 Å². The van der Waals surface area contributed by atoms with E-state index in [0.29, 0.717) is 10.4 Å². The molecule has 0 aliphatic carbocycles. The zero-order chi connectivity index (χ0) is 21.3. The molecule has 3 rings (SSSR count). The topological polar surface area (TPSA) is 83.2 Å². The van der Waals surface area contributed by atoms with Crippen LogP contribution in [-0.2, 0) is 10.0 Å². The van der Waals surface area contributed by atoms with Crippen molar-refractivity contribution in [2.75, 3.05) is 14.1 Å². The Kier molecular flexibility index (Phi) is 5.51. The van der Waals surface area contributed by atoms with Gasteiger partial charge in [-0.2, -0.15) is 5.26 Å². The van der Waals surface area contributed by atoms with Gasteiger partial charge in [-0.1, -0.05) is 35.4 Å². The fourth-order valence-corrected chi connectivity index (χ4v) is 4.67. The SMILES string of the molecule is Cc1ccc(S(=O)(=O)n2c(C(=O)C(C#N)=CN(C)C)cc3c(Cl)cccc32)cc1. The van der Waals surface area contributed by atoms with Gasteiger partial charge in [0.2, 0.25) is 5.78 Å². The number of ketones is 1. The lowest BCUT2D eigenvalue weighted by atomic mass is 10.1. The lowest BCUT2D eigenvalue weighted by Crippen LogP contribution is -2.20. The highest BCUT2D eigenvalue weighted by Gasteiger charge is 2.28. The molecule has 0 atom stereocenters. The van der Waals surface area contributed by atoms with Gasteiger partial charge in [-0.25, -0.2) is 12.4 Å². The number of hydrogen-bond donors (Lipinski definition) is 0. The summed E-state index contributed by atoms with van der Waals surface area (Å²) in [6.07, 6.45) is 1.35. The molecule has 6 nitrogen and oxygen atoms in total. The minimum atomic E-state index is -4.11. The van der Waals surface area contributed by atoms with Crippen LogP contribution in [0.25, 0.3) is 10.9 Å². The molecule has 0 aliphatic rings. The van der Waals surface area contributed by atoms with Crippen LogP contribution in [-0.4, -0.2) is 37.2 Å². The maximum absolute atomic E-state index is 13.4. The first kappa shape index (κ1) is 20.6. The molecular formula is C21H18ClN3O3S. The number of Topliss-reactive ketones (excluding diaryl/α,β-unsaturated/α-hetero) is 1. The quantitative estimate of drug-likeness (QED) is 0.349.